The number of hydrogen-bond acceptors (Lipinski definition) is 3. The molecule has 0 radical (unpaired) electrons. The van der Waals surface area contributed by atoms with Gasteiger partial charge in [0.05, 0.1) is 4.88 Å². The van der Waals surface area contributed by atoms with Gasteiger partial charge in [0.25, 0.3) is 0 Å². The minimum absolute atomic E-state index is 0.0991. The molecule has 1 atom stereocenters. The smallest absolute Gasteiger partial charge is 0.223 e. The molecule has 4 heteroatoms. The fraction of sp³-hybridized carbons (Fsp3) is 0.625. The van der Waals surface area contributed by atoms with Crippen molar-refractivity contribution in [3.05, 3.63) is 22.4 Å². The molecular formula is C16H21NO2S. The Kier molecular flexibility index (Phi) is 4.20. The lowest BCUT2D eigenvalue weighted by molar-refractivity contribution is -0.130. The van der Waals surface area contributed by atoms with Crippen LogP contribution >= 0.6 is 11.3 Å². The van der Waals surface area contributed by atoms with E-state index in [4.69, 9.17) is 0 Å². The van der Waals surface area contributed by atoms with Crippen LogP contribution in [0.25, 0.3) is 0 Å². The van der Waals surface area contributed by atoms with Crippen LogP contribution in [-0.4, -0.2) is 29.7 Å². The molecule has 2 aliphatic rings. The van der Waals surface area contributed by atoms with E-state index in [0.29, 0.717) is 18.8 Å². The van der Waals surface area contributed by atoms with Crippen molar-refractivity contribution in [3.8, 4) is 0 Å². The van der Waals surface area contributed by atoms with Gasteiger partial charge in [0, 0.05) is 25.9 Å². The first-order valence-electron chi connectivity index (χ1n) is 7.57. The number of nitrogens with zero attached hydrogens (tertiary/aromatic N) is 1. The molecule has 3 nitrogen and oxygen atoms in total. The van der Waals surface area contributed by atoms with Crippen LogP contribution in [0.15, 0.2) is 17.5 Å². The number of hydrogen-bond donors (Lipinski definition) is 0. The van der Waals surface area contributed by atoms with Crippen LogP contribution in [-0.2, 0) is 4.79 Å². The number of carbonyl (C=O) groups excluding carboxylic acids is 2. The molecule has 1 aromatic heterocycles. The van der Waals surface area contributed by atoms with Crippen LogP contribution in [0.4, 0.5) is 0 Å². The Hall–Kier alpha value is -1.16. The highest BCUT2D eigenvalue weighted by molar-refractivity contribution is 7.12. The molecule has 1 unspecified atom stereocenters. The summed E-state index contributed by atoms with van der Waals surface area (Å²) < 4.78 is 0. The molecular weight excluding hydrogens is 270 g/mol. The SMILES string of the molecule is O=C(CCC(=O)N1CCC(CC2CC2)C1)c1cccs1. The van der Waals surface area contributed by atoms with Crippen LogP contribution in [0.1, 0.15) is 48.2 Å². The molecule has 1 saturated heterocycles. The number of rotatable bonds is 6. The van der Waals surface area contributed by atoms with Gasteiger partial charge in [-0.05, 0) is 36.1 Å². The van der Waals surface area contributed by atoms with Gasteiger partial charge in [0.2, 0.25) is 5.91 Å². The molecule has 0 aromatic carbocycles. The quantitative estimate of drug-likeness (QED) is 0.754. The number of amides is 1. The van der Waals surface area contributed by atoms with Crippen molar-refractivity contribution in [3.63, 3.8) is 0 Å². The molecule has 1 saturated carbocycles. The Labute approximate surface area is 124 Å². The topological polar surface area (TPSA) is 37.4 Å². The number of carbonyl (C=O) groups is 2. The highest BCUT2D eigenvalue weighted by Gasteiger charge is 2.31. The molecule has 1 amide bonds. The van der Waals surface area contributed by atoms with E-state index >= 15 is 0 Å². The predicted octanol–water partition coefficient (Wildman–Crippen LogP) is 3.36. The van der Waals surface area contributed by atoms with Gasteiger partial charge < -0.3 is 4.90 Å². The van der Waals surface area contributed by atoms with E-state index in [-0.39, 0.29) is 11.7 Å². The van der Waals surface area contributed by atoms with E-state index in [9.17, 15) is 9.59 Å². The van der Waals surface area contributed by atoms with Crippen LogP contribution in [0, 0.1) is 11.8 Å². The van der Waals surface area contributed by atoms with Crippen LogP contribution < -0.4 is 0 Å². The van der Waals surface area contributed by atoms with Crippen molar-refractivity contribution in [2.75, 3.05) is 13.1 Å². The lowest BCUT2D eigenvalue weighted by atomic mass is 10.0. The van der Waals surface area contributed by atoms with E-state index in [1.165, 1.54) is 30.6 Å². The average molecular weight is 291 g/mol. The zero-order valence-corrected chi connectivity index (χ0v) is 12.5. The molecule has 1 aliphatic carbocycles. The predicted molar refractivity (Wildman–Crippen MR) is 79.9 cm³/mol. The molecule has 3 rings (SSSR count). The summed E-state index contributed by atoms with van der Waals surface area (Å²) in [6.45, 7) is 1.81. The lowest BCUT2D eigenvalue weighted by Crippen LogP contribution is -2.29. The maximum Gasteiger partial charge on any atom is 0.223 e. The standard InChI is InChI=1S/C16H21NO2S/c18-14(15-2-1-9-20-15)5-6-16(19)17-8-7-13(11-17)10-12-3-4-12/h1-2,9,12-13H,3-8,10-11H2. The van der Waals surface area contributed by atoms with Gasteiger partial charge >= 0.3 is 0 Å². The third kappa shape index (κ3) is 3.48. The van der Waals surface area contributed by atoms with E-state index in [1.54, 1.807) is 0 Å². The summed E-state index contributed by atoms with van der Waals surface area (Å²) in [7, 11) is 0. The first-order chi connectivity index (χ1) is 9.72. The second kappa shape index (κ2) is 6.08. The largest absolute Gasteiger partial charge is 0.342 e. The first kappa shape index (κ1) is 13.8. The average Bonchev–Trinajstić information content (AvgIpc) is 2.96. The molecule has 0 bridgehead atoms. The molecule has 2 heterocycles. The summed E-state index contributed by atoms with van der Waals surface area (Å²) in [5.74, 6) is 1.91. The maximum absolute atomic E-state index is 12.1. The van der Waals surface area contributed by atoms with Gasteiger partial charge in [-0.2, -0.15) is 0 Å². The second-order valence-electron chi connectivity index (χ2n) is 6.07. The molecule has 1 aliphatic heterocycles. The van der Waals surface area contributed by atoms with Gasteiger partial charge in [0.1, 0.15) is 0 Å². The van der Waals surface area contributed by atoms with Crippen LogP contribution in [0.3, 0.4) is 0 Å². The molecule has 20 heavy (non-hydrogen) atoms. The summed E-state index contributed by atoms with van der Waals surface area (Å²) in [4.78, 5) is 26.8. The summed E-state index contributed by atoms with van der Waals surface area (Å²) in [6.07, 6.45) is 5.95. The number of thiophene rings is 1. The van der Waals surface area contributed by atoms with Gasteiger partial charge in [-0.1, -0.05) is 18.9 Å². The van der Waals surface area contributed by atoms with Crippen molar-refractivity contribution in [2.45, 2.75) is 38.5 Å². The van der Waals surface area contributed by atoms with E-state index in [1.807, 2.05) is 22.4 Å². The Balaban J connectivity index is 1.41. The Morgan fingerprint density at radius 2 is 2.05 bits per heavy atom. The lowest BCUT2D eigenvalue weighted by Gasteiger charge is -2.16. The first-order valence-corrected chi connectivity index (χ1v) is 8.45. The second-order valence-corrected chi connectivity index (χ2v) is 7.02. The van der Waals surface area contributed by atoms with Gasteiger partial charge in [-0.15, -0.1) is 11.3 Å². The van der Waals surface area contributed by atoms with Crippen molar-refractivity contribution in [1.82, 2.24) is 4.90 Å². The third-order valence-corrected chi connectivity index (χ3v) is 5.27. The van der Waals surface area contributed by atoms with Crippen molar-refractivity contribution in [1.29, 1.82) is 0 Å². The molecule has 0 spiro atoms. The van der Waals surface area contributed by atoms with E-state index in [0.717, 1.165) is 30.3 Å². The normalized spacial score (nSPS) is 22.2. The van der Waals surface area contributed by atoms with Gasteiger partial charge in [0.15, 0.2) is 5.78 Å². The fourth-order valence-electron chi connectivity index (χ4n) is 3.02. The monoisotopic (exact) mass is 291 g/mol. The molecule has 2 fully saturated rings. The number of likely N-dealkylation sites (tertiary alicyclic amines) is 1. The van der Waals surface area contributed by atoms with Crippen molar-refractivity contribution in [2.24, 2.45) is 11.8 Å². The Morgan fingerprint density at radius 1 is 1.20 bits per heavy atom. The number of Topliss-reactive ketones (excluding diaryl/α,β-unsaturated/α-hetero) is 1. The minimum atomic E-state index is 0.0991. The van der Waals surface area contributed by atoms with Crippen LogP contribution in [0.5, 0.6) is 0 Å². The van der Waals surface area contributed by atoms with E-state index in [2.05, 4.69) is 0 Å². The summed E-state index contributed by atoms with van der Waals surface area (Å²) >= 11 is 1.45. The summed E-state index contributed by atoms with van der Waals surface area (Å²) in [5, 5.41) is 1.90. The molecule has 0 N–H and O–H groups in total. The van der Waals surface area contributed by atoms with Crippen molar-refractivity contribution < 1.29 is 9.59 Å². The molecule has 108 valence electrons. The minimum Gasteiger partial charge on any atom is -0.342 e. The number of ketones is 1. The maximum atomic E-state index is 12.1. The summed E-state index contributed by atoms with van der Waals surface area (Å²) in [5.41, 5.74) is 0. The van der Waals surface area contributed by atoms with Gasteiger partial charge in [-0.25, -0.2) is 0 Å². The zero-order chi connectivity index (χ0) is 13.9. The Morgan fingerprint density at radius 3 is 2.75 bits per heavy atom. The van der Waals surface area contributed by atoms with Crippen molar-refractivity contribution >= 4 is 23.0 Å². The van der Waals surface area contributed by atoms with E-state index < -0.39 is 0 Å². The summed E-state index contributed by atoms with van der Waals surface area (Å²) in [6, 6.07) is 3.71. The molecule has 1 aromatic rings. The Bertz CT molecular complexity index is 479. The van der Waals surface area contributed by atoms with Gasteiger partial charge in [-0.3, -0.25) is 9.59 Å². The third-order valence-electron chi connectivity index (χ3n) is 4.36. The highest BCUT2D eigenvalue weighted by atomic mass is 32.1. The zero-order valence-electron chi connectivity index (χ0n) is 11.7. The van der Waals surface area contributed by atoms with Crippen LogP contribution in [0.2, 0.25) is 0 Å². The highest BCUT2D eigenvalue weighted by Crippen LogP contribution is 2.38. The fourth-order valence-corrected chi connectivity index (χ4v) is 3.71.